The molecule has 3 aromatic rings. The summed E-state index contributed by atoms with van der Waals surface area (Å²) in [5, 5.41) is 23.3. The van der Waals surface area contributed by atoms with Gasteiger partial charge in [0, 0.05) is 36.4 Å². The van der Waals surface area contributed by atoms with Gasteiger partial charge in [-0.3, -0.25) is 10.0 Å². The van der Waals surface area contributed by atoms with Crippen molar-refractivity contribution in [2.24, 2.45) is 0 Å². The van der Waals surface area contributed by atoms with E-state index in [0.717, 1.165) is 18.4 Å². The molecule has 4 N–H and O–H groups in total. The van der Waals surface area contributed by atoms with Crippen molar-refractivity contribution in [2.45, 2.75) is 31.5 Å². The number of nitrogens with zero attached hydrogens (tertiary/aromatic N) is 1. The molecule has 1 aliphatic rings. The maximum absolute atomic E-state index is 11.2. The van der Waals surface area contributed by atoms with Crippen molar-refractivity contribution in [3.05, 3.63) is 77.5 Å². The number of aliphatic hydroxyl groups is 1. The zero-order valence-corrected chi connectivity index (χ0v) is 16.1. The van der Waals surface area contributed by atoms with Gasteiger partial charge in [0.25, 0.3) is 5.91 Å². The number of aliphatic hydroxyl groups excluding tert-OH is 1. The Morgan fingerprint density at radius 2 is 2.10 bits per heavy atom. The fraction of sp³-hybridized carbons (Fsp3) is 0.261. The lowest BCUT2D eigenvalue weighted by Crippen LogP contribution is -2.38. The molecule has 1 aliphatic carbocycles. The minimum Gasteiger partial charge on any atom is -0.395 e. The van der Waals surface area contributed by atoms with Gasteiger partial charge in [0.1, 0.15) is 0 Å². The summed E-state index contributed by atoms with van der Waals surface area (Å²) in [6, 6.07) is 16.6. The van der Waals surface area contributed by atoms with E-state index in [9.17, 15) is 9.90 Å². The normalized spacial score (nSPS) is 17.0. The van der Waals surface area contributed by atoms with Crippen molar-refractivity contribution < 1.29 is 15.1 Å². The summed E-state index contributed by atoms with van der Waals surface area (Å²) in [4.78, 5) is 11.2. The Bertz CT molecular complexity index is 1040. The molecule has 6 nitrogen and oxygen atoms in total. The number of carbonyl (C=O) groups is 1. The van der Waals surface area contributed by atoms with Crippen LogP contribution in [0, 0.1) is 0 Å². The summed E-state index contributed by atoms with van der Waals surface area (Å²) in [6.07, 6.45) is 6.97. The van der Waals surface area contributed by atoms with Gasteiger partial charge in [0.2, 0.25) is 0 Å². The number of aryl methyl sites for hydroxylation is 1. The van der Waals surface area contributed by atoms with Gasteiger partial charge in [-0.2, -0.15) is 0 Å². The minimum absolute atomic E-state index is 0.0467. The molecule has 4 rings (SSSR count). The molecule has 2 atom stereocenters. The first kappa shape index (κ1) is 19.4. The summed E-state index contributed by atoms with van der Waals surface area (Å²) in [6.45, 7) is 0.766. The van der Waals surface area contributed by atoms with E-state index in [1.165, 1.54) is 28.1 Å². The topological polar surface area (TPSA) is 86.5 Å². The summed E-state index contributed by atoms with van der Waals surface area (Å²) >= 11 is 0. The van der Waals surface area contributed by atoms with Crippen LogP contribution in [-0.4, -0.2) is 33.4 Å². The van der Waals surface area contributed by atoms with Gasteiger partial charge >= 0.3 is 0 Å². The first-order valence-electron chi connectivity index (χ1n) is 9.83. The van der Waals surface area contributed by atoms with E-state index in [0.29, 0.717) is 6.54 Å². The molecule has 2 aromatic carbocycles. The maximum Gasteiger partial charge on any atom is 0.267 e. The number of benzene rings is 2. The molecule has 29 heavy (non-hydrogen) atoms. The van der Waals surface area contributed by atoms with Crippen molar-refractivity contribution in [2.75, 3.05) is 6.61 Å². The number of aromatic nitrogens is 1. The quantitative estimate of drug-likeness (QED) is 0.283. The number of hydroxylamine groups is 1. The van der Waals surface area contributed by atoms with Crippen LogP contribution in [-0.2, 0) is 17.8 Å². The van der Waals surface area contributed by atoms with Crippen LogP contribution in [0.3, 0.4) is 0 Å². The number of hydrogen-bond acceptors (Lipinski definition) is 4. The van der Waals surface area contributed by atoms with Gasteiger partial charge < -0.3 is 15.0 Å². The lowest BCUT2D eigenvalue weighted by Gasteiger charge is -2.23. The van der Waals surface area contributed by atoms with Crippen LogP contribution in [0.1, 0.15) is 29.2 Å². The summed E-state index contributed by atoms with van der Waals surface area (Å²) < 4.78 is 2.18. The Labute approximate surface area is 169 Å². The average Bonchev–Trinajstić information content (AvgIpc) is 3.35. The van der Waals surface area contributed by atoms with Gasteiger partial charge in [-0.25, -0.2) is 5.48 Å². The van der Waals surface area contributed by atoms with Gasteiger partial charge in [-0.15, -0.1) is 0 Å². The van der Waals surface area contributed by atoms with Gasteiger partial charge in [-0.05, 0) is 53.1 Å². The highest BCUT2D eigenvalue weighted by atomic mass is 16.5. The van der Waals surface area contributed by atoms with E-state index in [1.807, 2.05) is 18.2 Å². The zero-order chi connectivity index (χ0) is 20.2. The molecule has 150 valence electrons. The van der Waals surface area contributed by atoms with E-state index < -0.39 is 5.91 Å². The van der Waals surface area contributed by atoms with Gasteiger partial charge in [0.05, 0.1) is 6.61 Å². The standard InChI is InChI=1S/C23H25N3O3/c27-15-19(14-26-12-11-17-3-1-2-4-22(17)26)24-21-9-7-18-13-16(5-8-20(18)21)6-10-23(28)25-29/h1-6,8,10-13,19,21,24,27,29H,7,9,14-15H2,(H,25,28)/t19-,21?/m0/s1. The first-order chi connectivity index (χ1) is 14.2. The van der Waals surface area contributed by atoms with Crippen molar-refractivity contribution in [3.8, 4) is 0 Å². The van der Waals surface area contributed by atoms with Crippen LogP contribution < -0.4 is 10.8 Å². The van der Waals surface area contributed by atoms with Crippen LogP contribution in [0.15, 0.2) is 60.8 Å². The number of fused-ring (bicyclic) bond motifs is 2. The average molecular weight is 391 g/mol. The number of nitrogens with one attached hydrogen (secondary N) is 2. The monoisotopic (exact) mass is 391 g/mol. The molecular formula is C23H25N3O3. The second kappa shape index (κ2) is 8.61. The molecular weight excluding hydrogens is 366 g/mol. The molecule has 0 saturated heterocycles. The third kappa shape index (κ3) is 4.24. The predicted octanol–water partition coefficient (Wildman–Crippen LogP) is 2.80. The van der Waals surface area contributed by atoms with E-state index in [-0.39, 0.29) is 18.7 Å². The maximum atomic E-state index is 11.2. The van der Waals surface area contributed by atoms with Gasteiger partial charge in [0.15, 0.2) is 0 Å². The summed E-state index contributed by atoms with van der Waals surface area (Å²) in [5.41, 5.74) is 6.17. The number of rotatable bonds is 7. The van der Waals surface area contributed by atoms with Crippen LogP contribution in [0.2, 0.25) is 0 Å². The zero-order valence-electron chi connectivity index (χ0n) is 16.1. The molecule has 0 saturated carbocycles. The lowest BCUT2D eigenvalue weighted by atomic mass is 10.0. The number of amides is 1. The Morgan fingerprint density at radius 1 is 1.24 bits per heavy atom. The summed E-state index contributed by atoms with van der Waals surface area (Å²) in [5.74, 6) is -0.548. The third-order valence-electron chi connectivity index (χ3n) is 5.54. The number of para-hydroxylation sites is 1. The van der Waals surface area contributed by atoms with Crippen LogP contribution in [0.5, 0.6) is 0 Å². The Balaban J connectivity index is 1.46. The van der Waals surface area contributed by atoms with E-state index >= 15 is 0 Å². The molecule has 6 heteroatoms. The smallest absolute Gasteiger partial charge is 0.267 e. The van der Waals surface area contributed by atoms with Crippen molar-refractivity contribution >= 4 is 22.9 Å². The van der Waals surface area contributed by atoms with Crippen molar-refractivity contribution in [1.82, 2.24) is 15.4 Å². The molecule has 1 aromatic heterocycles. The Morgan fingerprint density at radius 3 is 2.93 bits per heavy atom. The highest BCUT2D eigenvalue weighted by Crippen LogP contribution is 2.32. The number of hydrogen-bond donors (Lipinski definition) is 4. The molecule has 1 amide bonds. The Hall–Kier alpha value is -2.93. The van der Waals surface area contributed by atoms with E-state index in [1.54, 1.807) is 11.6 Å². The lowest BCUT2D eigenvalue weighted by molar-refractivity contribution is -0.124. The first-order valence-corrected chi connectivity index (χ1v) is 9.83. The van der Waals surface area contributed by atoms with Gasteiger partial charge in [-0.1, -0.05) is 36.4 Å². The Kier molecular flexibility index (Phi) is 5.76. The van der Waals surface area contributed by atoms with Crippen LogP contribution in [0.4, 0.5) is 0 Å². The largest absolute Gasteiger partial charge is 0.395 e. The number of carbonyl (C=O) groups excluding carboxylic acids is 1. The minimum atomic E-state index is -0.548. The molecule has 1 heterocycles. The van der Waals surface area contributed by atoms with Crippen molar-refractivity contribution in [3.63, 3.8) is 0 Å². The SMILES string of the molecule is O=C(C=Cc1ccc2c(c1)CCC2N[C@H](CO)Cn1ccc2ccccc21)NO. The molecule has 0 spiro atoms. The third-order valence-corrected chi connectivity index (χ3v) is 5.54. The highest BCUT2D eigenvalue weighted by Gasteiger charge is 2.25. The predicted molar refractivity (Wildman–Crippen MR) is 112 cm³/mol. The molecule has 1 unspecified atom stereocenters. The van der Waals surface area contributed by atoms with E-state index in [4.69, 9.17) is 5.21 Å². The van der Waals surface area contributed by atoms with Crippen LogP contribution in [0.25, 0.3) is 17.0 Å². The summed E-state index contributed by atoms with van der Waals surface area (Å²) in [7, 11) is 0. The fourth-order valence-electron chi connectivity index (χ4n) is 4.11. The van der Waals surface area contributed by atoms with Crippen molar-refractivity contribution in [1.29, 1.82) is 0 Å². The molecule has 0 radical (unpaired) electrons. The molecule has 0 bridgehead atoms. The van der Waals surface area contributed by atoms with E-state index in [2.05, 4.69) is 46.4 Å². The second-order valence-electron chi connectivity index (χ2n) is 7.43. The molecule has 0 aliphatic heterocycles. The highest BCUT2D eigenvalue weighted by molar-refractivity contribution is 5.90. The molecule has 0 fully saturated rings. The fourth-order valence-corrected chi connectivity index (χ4v) is 4.11. The second-order valence-corrected chi connectivity index (χ2v) is 7.43. The van der Waals surface area contributed by atoms with Crippen LogP contribution >= 0.6 is 0 Å².